The van der Waals surface area contributed by atoms with Gasteiger partial charge in [-0.3, -0.25) is 16.3 Å². The molecule has 0 fully saturated rings. The third-order valence-corrected chi connectivity index (χ3v) is 9.93. The fourth-order valence-electron chi connectivity index (χ4n) is 6.01. The summed E-state index contributed by atoms with van der Waals surface area (Å²) in [6, 6.07) is 41.0. The second-order valence-corrected chi connectivity index (χ2v) is 13.8. The fraction of sp³-hybridized carbons (Fsp3) is 0.143. The second kappa shape index (κ2) is 14.9. The molecule has 0 atom stereocenters. The zero-order valence-electron chi connectivity index (χ0n) is 27.3. The average molecular weight is 838 g/mol. The number of hydrogen-bond donors (Lipinski definition) is 0. The third kappa shape index (κ3) is 6.72. The predicted molar refractivity (Wildman–Crippen MR) is 201 cm³/mol. The van der Waals surface area contributed by atoms with Gasteiger partial charge >= 0.3 is 0 Å². The summed E-state index contributed by atoms with van der Waals surface area (Å²) in [6.07, 6.45) is 1.79. The molecule has 4 heterocycles. The molecule has 0 saturated carbocycles. The van der Waals surface area contributed by atoms with Gasteiger partial charge in [-0.15, -0.1) is 41.3 Å². The molecule has 4 aromatic carbocycles. The Morgan fingerprint density at radius 3 is 2.21 bits per heavy atom. The van der Waals surface area contributed by atoms with Crippen molar-refractivity contribution in [2.75, 3.05) is 0 Å². The number of nitrogens with zero attached hydrogens (tertiary/aromatic N) is 3. The number of benzene rings is 4. The van der Waals surface area contributed by atoms with Gasteiger partial charge in [-0.25, -0.2) is 0 Å². The van der Waals surface area contributed by atoms with Crippen LogP contribution in [-0.2, 0) is 20.1 Å². The van der Waals surface area contributed by atoms with E-state index in [1.165, 1.54) is 38.0 Å². The molecule has 0 amide bonds. The monoisotopic (exact) mass is 838 g/mol. The van der Waals surface area contributed by atoms with Crippen molar-refractivity contribution in [1.82, 2.24) is 14.5 Å². The van der Waals surface area contributed by atoms with Crippen LogP contribution in [0.4, 0.5) is 0 Å². The largest absolute Gasteiger partial charge is 0.333 e. The number of para-hydroxylation sites is 3. The number of fused-ring (bicyclic) bond motifs is 2. The molecule has 1 radical (unpaired) electrons. The standard InChI is InChI=1S/C31H27N2S2.C11H8N.Ir/c1-19(2)23-8-7-9-24(20(3)4)30(23)33-28-11-6-5-10-27(28)32-31(33)26-18-35-29-13-12-21(16-25(26)29)22-14-15-34-17-22;1-2-6-10(7-3-1)11-8-4-5-9-12-11;/h5-17,19-20H,1-4H3;1-6,8-9H;/q2*-1;. The Labute approximate surface area is 304 Å². The maximum absolute atomic E-state index is 5.22. The molecule has 0 saturated heterocycles. The summed E-state index contributed by atoms with van der Waals surface area (Å²) in [7, 11) is 0. The number of thiophene rings is 2. The van der Waals surface area contributed by atoms with Crippen LogP contribution < -0.4 is 0 Å². The molecule has 0 spiro atoms. The molecule has 4 aromatic heterocycles. The van der Waals surface area contributed by atoms with E-state index in [0.29, 0.717) is 11.8 Å². The van der Waals surface area contributed by atoms with Crippen molar-refractivity contribution in [3.05, 3.63) is 149 Å². The van der Waals surface area contributed by atoms with Crippen LogP contribution in [-0.4, -0.2) is 14.5 Å². The van der Waals surface area contributed by atoms with Crippen LogP contribution in [0.15, 0.2) is 126 Å². The topological polar surface area (TPSA) is 30.7 Å². The molecule has 0 unspecified atom stereocenters. The first-order chi connectivity index (χ1) is 23.0. The van der Waals surface area contributed by atoms with Crippen LogP contribution in [0.25, 0.3) is 60.6 Å². The number of aromatic nitrogens is 3. The number of pyridine rings is 1. The predicted octanol–water partition coefficient (Wildman–Crippen LogP) is 12.2. The molecule has 8 rings (SSSR count). The van der Waals surface area contributed by atoms with Crippen LogP contribution in [0.2, 0.25) is 0 Å². The first-order valence-electron chi connectivity index (χ1n) is 16.0. The number of hydrogen-bond acceptors (Lipinski definition) is 4. The van der Waals surface area contributed by atoms with Crippen LogP contribution in [0, 0.1) is 11.4 Å². The maximum Gasteiger partial charge on any atom is 0.0774 e. The first kappa shape index (κ1) is 33.7. The van der Waals surface area contributed by atoms with E-state index in [0.717, 1.165) is 33.7 Å². The minimum absolute atomic E-state index is 0. The molecule has 0 bridgehead atoms. The van der Waals surface area contributed by atoms with Crippen molar-refractivity contribution in [2.45, 2.75) is 39.5 Å². The van der Waals surface area contributed by atoms with Crippen molar-refractivity contribution in [3.63, 3.8) is 0 Å². The Morgan fingerprint density at radius 2 is 1.52 bits per heavy atom. The zero-order valence-corrected chi connectivity index (χ0v) is 31.3. The van der Waals surface area contributed by atoms with Gasteiger partial charge in [0.15, 0.2) is 0 Å². The molecular formula is C42H35IrN3S2-2. The van der Waals surface area contributed by atoms with Crippen LogP contribution in [0.3, 0.4) is 0 Å². The van der Waals surface area contributed by atoms with Gasteiger partial charge in [-0.05, 0) is 74.8 Å². The normalized spacial score (nSPS) is 11.1. The van der Waals surface area contributed by atoms with E-state index in [4.69, 9.17) is 4.98 Å². The van der Waals surface area contributed by atoms with Crippen molar-refractivity contribution < 1.29 is 20.1 Å². The van der Waals surface area contributed by atoms with E-state index in [-0.39, 0.29) is 20.1 Å². The summed E-state index contributed by atoms with van der Waals surface area (Å²) >= 11 is 3.41. The average Bonchev–Trinajstić information content (AvgIpc) is 3.88. The molecule has 0 aliphatic carbocycles. The molecule has 3 nitrogen and oxygen atoms in total. The zero-order chi connectivity index (χ0) is 32.3. The van der Waals surface area contributed by atoms with Crippen molar-refractivity contribution in [2.24, 2.45) is 0 Å². The summed E-state index contributed by atoms with van der Waals surface area (Å²) in [5, 5.41) is 9.19. The van der Waals surface area contributed by atoms with Crippen molar-refractivity contribution >= 4 is 43.8 Å². The Hall–Kier alpha value is -4.19. The van der Waals surface area contributed by atoms with Gasteiger partial charge in [0, 0.05) is 32.0 Å². The number of imidazole rings is 1. The van der Waals surface area contributed by atoms with Crippen molar-refractivity contribution in [1.29, 1.82) is 0 Å². The van der Waals surface area contributed by atoms with Gasteiger partial charge in [0.2, 0.25) is 0 Å². The Balaban J connectivity index is 0.000000260. The van der Waals surface area contributed by atoms with E-state index in [2.05, 4.69) is 126 Å². The third-order valence-electron chi connectivity index (χ3n) is 8.37. The Bertz CT molecular complexity index is 2190. The van der Waals surface area contributed by atoms with E-state index < -0.39 is 0 Å². The number of rotatable bonds is 6. The van der Waals surface area contributed by atoms with Crippen LogP contribution >= 0.6 is 22.7 Å². The van der Waals surface area contributed by atoms with Gasteiger partial charge in [0.1, 0.15) is 0 Å². The van der Waals surface area contributed by atoms with Crippen LogP contribution in [0.1, 0.15) is 50.7 Å². The quantitative estimate of drug-likeness (QED) is 0.156. The summed E-state index contributed by atoms with van der Waals surface area (Å²) in [5.41, 5.74) is 11.7. The molecule has 6 heteroatoms. The summed E-state index contributed by atoms with van der Waals surface area (Å²) in [4.78, 5) is 9.43. The van der Waals surface area contributed by atoms with Gasteiger partial charge in [-0.2, -0.15) is 11.3 Å². The Kier molecular flexibility index (Phi) is 10.5. The van der Waals surface area contributed by atoms with Gasteiger partial charge in [0.05, 0.1) is 16.9 Å². The van der Waals surface area contributed by atoms with Gasteiger partial charge in [0.25, 0.3) is 0 Å². The molecule has 8 aromatic rings. The van der Waals surface area contributed by atoms with Gasteiger partial charge in [-0.1, -0.05) is 104 Å². The van der Waals surface area contributed by atoms with E-state index in [1.54, 1.807) is 28.9 Å². The maximum atomic E-state index is 5.22. The fourth-order valence-corrected chi connectivity index (χ4v) is 7.50. The summed E-state index contributed by atoms with van der Waals surface area (Å²) < 4.78 is 3.63. The van der Waals surface area contributed by atoms with Crippen LogP contribution in [0.5, 0.6) is 0 Å². The summed E-state index contributed by atoms with van der Waals surface area (Å²) in [5.74, 6) is 1.76. The molecule has 48 heavy (non-hydrogen) atoms. The summed E-state index contributed by atoms with van der Waals surface area (Å²) in [6.45, 7) is 9.11. The minimum atomic E-state index is 0. The molecule has 0 aliphatic heterocycles. The SMILES string of the molecule is CC(C)c1cccc(C(C)C)c1-n1c(-c2[c-]sc3ccc(-c4ccsc4)cc23)nc2ccccc21.[Ir].[c-]1ccccc1-c1ccccn1. The molecular weight excluding hydrogens is 803 g/mol. The smallest absolute Gasteiger partial charge is 0.0774 e. The molecule has 0 aliphatic rings. The van der Waals surface area contributed by atoms with E-state index in [1.807, 2.05) is 42.5 Å². The van der Waals surface area contributed by atoms with E-state index >= 15 is 0 Å². The van der Waals surface area contributed by atoms with Crippen molar-refractivity contribution in [3.8, 4) is 39.5 Å². The molecule has 241 valence electrons. The minimum Gasteiger partial charge on any atom is -0.333 e. The second-order valence-electron chi connectivity index (χ2n) is 12.1. The van der Waals surface area contributed by atoms with Gasteiger partial charge < -0.3 is 9.55 Å². The molecule has 0 N–H and O–H groups in total. The van der Waals surface area contributed by atoms with E-state index in [9.17, 15) is 0 Å². The first-order valence-corrected chi connectivity index (χ1v) is 17.7. The Morgan fingerprint density at radius 1 is 0.750 bits per heavy atom.